The SMILES string of the molecule is CC(C)c1cnc2cc[nH]c2c1C(C)C. The second-order valence-corrected chi connectivity index (χ2v) is 4.67. The van der Waals surface area contributed by atoms with Crippen LogP contribution in [-0.2, 0) is 0 Å². The van der Waals surface area contributed by atoms with Gasteiger partial charge in [-0.2, -0.15) is 0 Å². The second kappa shape index (κ2) is 3.69. The van der Waals surface area contributed by atoms with Crippen LogP contribution >= 0.6 is 0 Å². The van der Waals surface area contributed by atoms with Crippen molar-refractivity contribution < 1.29 is 0 Å². The Balaban J connectivity index is 2.75. The van der Waals surface area contributed by atoms with Crippen molar-refractivity contribution in [3.8, 4) is 0 Å². The molecule has 2 heteroatoms. The van der Waals surface area contributed by atoms with Gasteiger partial charge in [0.05, 0.1) is 11.0 Å². The van der Waals surface area contributed by atoms with Crippen molar-refractivity contribution in [1.29, 1.82) is 0 Å². The molecule has 0 unspecified atom stereocenters. The summed E-state index contributed by atoms with van der Waals surface area (Å²) in [6.45, 7) is 8.92. The Hall–Kier alpha value is -1.31. The van der Waals surface area contributed by atoms with Crippen molar-refractivity contribution in [1.82, 2.24) is 9.97 Å². The average molecular weight is 202 g/mol. The van der Waals surface area contributed by atoms with Crippen LogP contribution in [0.2, 0.25) is 0 Å². The zero-order valence-electron chi connectivity index (χ0n) is 9.83. The Morgan fingerprint density at radius 3 is 2.47 bits per heavy atom. The predicted molar refractivity (Wildman–Crippen MR) is 64.3 cm³/mol. The van der Waals surface area contributed by atoms with Crippen molar-refractivity contribution in [2.75, 3.05) is 0 Å². The van der Waals surface area contributed by atoms with Gasteiger partial charge in [-0.25, -0.2) is 0 Å². The van der Waals surface area contributed by atoms with Gasteiger partial charge in [0.1, 0.15) is 0 Å². The van der Waals surface area contributed by atoms with E-state index >= 15 is 0 Å². The first-order chi connectivity index (χ1) is 7.11. The van der Waals surface area contributed by atoms with Crippen LogP contribution in [0.5, 0.6) is 0 Å². The topological polar surface area (TPSA) is 28.7 Å². The van der Waals surface area contributed by atoms with E-state index in [9.17, 15) is 0 Å². The maximum absolute atomic E-state index is 4.47. The monoisotopic (exact) mass is 202 g/mol. The van der Waals surface area contributed by atoms with Crippen LogP contribution in [-0.4, -0.2) is 9.97 Å². The third kappa shape index (κ3) is 1.65. The molecule has 0 fully saturated rings. The molecule has 0 atom stereocenters. The number of aromatic nitrogens is 2. The van der Waals surface area contributed by atoms with Crippen LogP contribution in [0, 0.1) is 0 Å². The number of nitrogens with zero attached hydrogens (tertiary/aromatic N) is 1. The summed E-state index contributed by atoms with van der Waals surface area (Å²) in [6, 6.07) is 2.03. The molecule has 0 aliphatic carbocycles. The molecule has 80 valence electrons. The van der Waals surface area contributed by atoms with E-state index in [1.807, 2.05) is 18.5 Å². The van der Waals surface area contributed by atoms with Crippen LogP contribution < -0.4 is 0 Å². The predicted octanol–water partition coefficient (Wildman–Crippen LogP) is 3.81. The summed E-state index contributed by atoms with van der Waals surface area (Å²) in [5.41, 5.74) is 5.05. The molecule has 0 aliphatic heterocycles. The van der Waals surface area contributed by atoms with Crippen LogP contribution in [0.4, 0.5) is 0 Å². The molecule has 0 aliphatic rings. The highest BCUT2D eigenvalue weighted by molar-refractivity contribution is 5.80. The van der Waals surface area contributed by atoms with Crippen LogP contribution in [0.3, 0.4) is 0 Å². The Kier molecular flexibility index (Phi) is 2.51. The minimum absolute atomic E-state index is 0.530. The zero-order chi connectivity index (χ0) is 11.0. The van der Waals surface area contributed by atoms with E-state index in [0.29, 0.717) is 11.8 Å². The van der Waals surface area contributed by atoms with Gasteiger partial charge in [0.25, 0.3) is 0 Å². The van der Waals surface area contributed by atoms with Gasteiger partial charge < -0.3 is 4.98 Å². The number of nitrogens with one attached hydrogen (secondary N) is 1. The molecule has 2 nitrogen and oxygen atoms in total. The van der Waals surface area contributed by atoms with Gasteiger partial charge in [-0.1, -0.05) is 27.7 Å². The van der Waals surface area contributed by atoms with E-state index in [0.717, 1.165) is 5.52 Å². The summed E-state index contributed by atoms with van der Waals surface area (Å²) in [5, 5.41) is 0. The molecular formula is C13H18N2. The third-order valence-electron chi connectivity index (χ3n) is 2.85. The van der Waals surface area contributed by atoms with Crippen molar-refractivity contribution in [2.45, 2.75) is 39.5 Å². The van der Waals surface area contributed by atoms with Gasteiger partial charge in [-0.3, -0.25) is 4.98 Å². The molecule has 0 spiro atoms. The standard InChI is InChI=1S/C13H18N2/c1-8(2)10-7-15-11-5-6-14-13(11)12(10)9(3)4/h5-9,14H,1-4H3. The lowest BCUT2D eigenvalue weighted by Gasteiger charge is -2.16. The Labute approximate surface area is 90.7 Å². The van der Waals surface area contributed by atoms with Gasteiger partial charge in [-0.15, -0.1) is 0 Å². The number of pyridine rings is 1. The van der Waals surface area contributed by atoms with Gasteiger partial charge in [-0.05, 0) is 29.0 Å². The van der Waals surface area contributed by atoms with E-state index in [2.05, 4.69) is 37.7 Å². The first-order valence-electron chi connectivity index (χ1n) is 5.57. The minimum atomic E-state index is 0.530. The number of aromatic amines is 1. The zero-order valence-corrected chi connectivity index (χ0v) is 9.83. The van der Waals surface area contributed by atoms with E-state index in [-0.39, 0.29) is 0 Å². The fourth-order valence-corrected chi connectivity index (χ4v) is 2.12. The van der Waals surface area contributed by atoms with E-state index in [4.69, 9.17) is 0 Å². The minimum Gasteiger partial charge on any atom is -0.360 e. The third-order valence-corrected chi connectivity index (χ3v) is 2.85. The molecule has 0 bridgehead atoms. The molecule has 2 aromatic heterocycles. The molecule has 2 heterocycles. The number of hydrogen-bond donors (Lipinski definition) is 1. The molecule has 0 radical (unpaired) electrons. The number of fused-ring (bicyclic) bond motifs is 1. The maximum Gasteiger partial charge on any atom is 0.0881 e. The van der Waals surface area contributed by atoms with Crippen LogP contribution in [0.25, 0.3) is 11.0 Å². The lowest BCUT2D eigenvalue weighted by molar-refractivity contribution is 0.790. The number of rotatable bonds is 2. The summed E-state index contributed by atoms with van der Waals surface area (Å²) < 4.78 is 0. The summed E-state index contributed by atoms with van der Waals surface area (Å²) in [4.78, 5) is 7.78. The molecule has 0 amide bonds. The highest BCUT2D eigenvalue weighted by Crippen LogP contribution is 2.30. The summed E-state index contributed by atoms with van der Waals surface area (Å²) in [7, 11) is 0. The van der Waals surface area contributed by atoms with E-state index < -0.39 is 0 Å². The quantitative estimate of drug-likeness (QED) is 0.788. The molecule has 15 heavy (non-hydrogen) atoms. The lowest BCUT2D eigenvalue weighted by Crippen LogP contribution is -2.01. The Bertz CT molecular complexity index is 466. The molecule has 2 rings (SSSR count). The second-order valence-electron chi connectivity index (χ2n) is 4.67. The van der Waals surface area contributed by atoms with Crippen molar-refractivity contribution in [3.05, 3.63) is 29.6 Å². The summed E-state index contributed by atoms with van der Waals surface area (Å²) in [5.74, 6) is 1.06. The molecule has 2 aromatic rings. The number of hydrogen-bond acceptors (Lipinski definition) is 1. The Morgan fingerprint density at radius 2 is 1.87 bits per heavy atom. The summed E-state index contributed by atoms with van der Waals surface area (Å²) >= 11 is 0. The van der Waals surface area contributed by atoms with E-state index in [1.165, 1.54) is 16.6 Å². The fourth-order valence-electron chi connectivity index (χ4n) is 2.12. The van der Waals surface area contributed by atoms with E-state index in [1.54, 1.807) is 0 Å². The molecule has 0 saturated carbocycles. The van der Waals surface area contributed by atoms with Crippen molar-refractivity contribution >= 4 is 11.0 Å². The maximum atomic E-state index is 4.47. The Morgan fingerprint density at radius 1 is 1.13 bits per heavy atom. The van der Waals surface area contributed by atoms with Crippen LogP contribution in [0.15, 0.2) is 18.5 Å². The fraction of sp³-hybridized carbons (Fsp3) is 0.462. The highest BCUT2D eigenvalue weighted by atomic mass is 14.8. The largest absolute Gasteiger partial charge is 0.360 e. The molecule has 1 N–H and O–H groups in total. The average Bonchev–Trinajstić information content (AvgIpc) is 2.62. The first kappa shape index (κ1) is 10.2. The van der Waals surface area contributed by atoms with Gasteiger partial charge in [0, 0.05) is 12.4 Å². The van der Waals surface area contributed by atoms with Crippen LogP contribution in [0.1, 0.15) is 50.7 Å². The lowest BCUT2D eigenvalue weighted by atomic mass is 9.91. The van der Waals surface area contributed by atoms with Gasteiger partial charge in [0.15, 0.2) is 0 Å². The summed E-state index contributed by atoms with van der Waals surface area (Å²) in [6.07, 6.45) is 3.99. The molecule has 0 saturated heterocycles. The van der Waals surface area contributed by atoms with Gasteiger partial charge >= 0.3 is 0 Å². The molecular weight excluding hydrogens is 184 g/mol. The van der Waals surface area contributed by atoms with Crippen molar-refractivity contribution in [2.24, 2.45) is 0 Å². The van der Waals surface area contributed by atoms with Gasteiger partial charge in [0.2, 0.25) is 0 Å². The normalized spacial score (nSPS) is 11.9. The highest BCUT2D eigenvalue weighted by Gasteiger charge is 2.14. The smallest absolute Gasteiger partial charge is 0.0881 e. The number of H-pyrrole nitrogens is 1. The first-order valence-corrected chi connectivity index (χ1v) is 5.57. The van der Waals surface area contributed by atoms with Crippen molar-refractivity contribution in [3.63, 3.8) is 0 Å². The molecule has 0 aromatic carbocycles.